The first kappa shape index (κ1) is 18.4. The van der Waals surface area contributed by atoms with Crippen molar-refractivity contribution in [3.8, 4) is 11.5 Å². The lowest BCUT2D eigenvalue weighted by Gasteiger charge is -2.05. The maximum absolute atomic E-state index is 12.1. The molecule has 0 bridgehead atoms. The molecule has 0 aliphatic heterocycles. The number of fused-ring (bicyclic) bond motifs is 1. The van der Waals surface area contributed by atoms with Crippen LogP contribution in [0.15, 0.2) is 88.1 Å². The first-order chi connectivity index (χ1) is 14.1. The highest BCUT2D eigenvalue weighted by Gasteiger charge is 2.08. The monoisotopic (exact) mass is 382 g/mol. The van der Waals surface area contributed by atoms with Crippen LogP contribution in [0.3, 0.4) is 0 Å². The van der Waals surface area contributed by atoms with E-state index < -0.39 is 5.63 Å². The first-order valence-corrected chi connectivity index (χ1v) is 9.14. The number of hydrogen-bond donors (Lipinski definition) is 1. The Hall–Kier alpha value is -3.99. The molecular formula is C24H18N2O3. The predicted molar refractivity (Wildman–Crippen MR) is 115 cm³/mol. The van der Waals surface area contributed by atoms with E-state index in [1.807, 2.05) is 37.3 Å². The van der Waals surface area contributed by atoms with Crippen LogP contribution in [0, 0.1) is 6.92 Å². The molecule has 142 valence electrons. The number of anilines is 1. The van der Waals surface area contributed by atoms with Crippen LogP contribution in [0.25, 0.3) is 28.4 Å². The summed E-state index contributed by atoms with van der Waals surface area (Å²) < 4.78 is 5.33. The predicted octanol–water partition coefficient (Wildman–Crippen LogP) is 4.82. The van der Waals surface area contributed by atoms with Gasteiger partial charge in [0.1, 0.15) is 0 Å². The van der Waals surface area contributed by atoms with Gasteiger partial charge in [-0.1, -0.05) is 42.0 Å². The summed E-state index contributed by atoms with van der Waals surface area (Å²) in [5.41, 5.74) is 3.57. The van der Waals surface area contributed by atoms with E-state index in [0.29, 0.717) is 22.2 Å². The van der Waals surface area contributed by atoms with Gasteiger partial charge in [-0.2, -0.15) is 0 Å². The number of hydrogen-bond acceptors (Lipinski definition) is 4. The maximum Gasteiger partial charge on any atom is 0.347 e. The van der Waals surface area contributed by atoms with Gasteiger partial charge in [-0.25, -0.2) is 9.78 Å². The van der Waals surface area contributed by atoms with E-state index in [1.54, 1.807) is 48.5 Å². The first-order valence-electron chi connectivity index (χ1n) is 9.14. The summed E-state index contributed by atoms with van der Waals surface area (Å²) in [5.74, 6) is 0.0135. The molecule has 3 aromatic carbocycles. The number of para-hydroxylation sites is 1. The zero-order valence-electron chi connectivity index (χ0n) is 15.8. The number of carbonyl (C=O) groups is 1. The lowest BCUT2D eigenvalue weighted by molar-refractivity contribution is -0.111. The fraction of sp³-hybridized carbons (Fsp3) is 0.0417. The number of benzene rings is 3. The smallest absolute Gasteiger partial charge is 0.347 e. The molecule has 0 atom stereocenters. The van der Waals surface area contributed by atoms with E-state index in [9.17, 15) is 9.59 Å². The minimum Gasteiger partial charge on any atom is -0.403 e. The van der Waals surface area contributed by atoms with Crippen LogP contribution in [0.1, 0.15) is 11.1 Å². The van der Waals surface area contributed by atoms with Gasteiger partial charge >= 0.3 is 5.63 Å². The van der Waals surface area contributed by atoms with Gasteiger partial charge in [0, 0.05) is 17.3 Å². The van der Waals surface area contributed by atoms with E-state index in [4.69, 9.17) is 4.42 Å². The molecule has 1 N–H and O–H groups in total. The standard InChI is InChI=1S/C24H18N2O3/c1-16-6-8-17(9-7-16)10-15-22(27)25-19-13-11-18(12-14-19)23-26-21-5-3-2-4-20(21)24(28)29-23/h2-15H,1H3,(H,25,27)/b15-10+. The third-order valence-corrected chi connectivity index (χ3v) is 4.44. The normalized spacial score (nSPS) is 11.1. The van der Waals surface area contributed by atoms with Gasteiger partial charge in [0.15, 0.2) is 0 Å². The van der Waals surface area contributed by atoms with Crippen molar-refractivity contribution < 1.29 is 9.21 Å². The number of aromatic nitrogens is 1. The molecule has 29 heavy (non-hydrogen) atoms. The number of aryl methyl sites for hydroxylation is 1. The van der Waals surface area contributed by atoms with Crippen molar-refractivity contribution in [1.82, 2.24) is 4.98 Å². The van der Waals surface area contributed by atoms with Gasteiger partial charge in [0.25, 0.3) is 0 Å². The summed E-state index contributed by atoms with van der Waals surface area (Å²) in [6, 6.07) is 21.9. The van der Waals surface area contributed by atoms with Crippen molar-refractivity contribution >= 4 is 28.6 Å². The molecule has 5 heteroatoms. The zero-order valence-corrected chi connectivity index (χ0v) is 15.8. The second kappa shape index (κ2) is 7.94. The molecule has 0 unspecified atom stereocenters. The molecule has 0 radical (unpaired) electrons. The summed E-state index contributed by atoms with van der Waals surface area (Å²) in [7, 11) is 0. The summed E-state index contributed by atoms with van der Waals surface area (Å²) in [6.45, 7) is 2.02. The Labute approximate surface area is 167 Å². The molecule has 0 aliphatic carbocycles. The molecule has 1 aromatic heterocycles. The zero-order chi connectivity index (χ0) is 20.2. The molecule has 4 aromatic rings. The Bertz CT molecular complexity index is 1250. The van der Waals surface area contributed by atoms with E-state index in [2.05, 4.69) is 10.3 Å². The minimum atomic E-state index is -0.427. The van der Waals surface area contributed by atoms with Crippen molar-refractivity contribution in [2.45, 2.75) is 6.92 Å². The van der Waals surface area contributed by atoms with Crippen LogP contribution >= 0.6 is 0 Å². The molecule has 1 amide bonds. The van der Waals surface area contributed by atoms with Gasteiger partial charge in [0.05, 0.1) is 10.9 Å². The third-order valence-electron chi connectivity index (χ3n) is 4.44. The Morgan fingerprint density at radius 3 is 2.45 bits per heavy atom. The van der Waals surface area contributed by atoms with Gasteiger partial charge in [-0.15, -0.1) is 0 Å². The van der Waals surface area contributed by atoms with Crippen molar-refractivity contribution in [2.75, 3.05) is 5.32 Å². The highest BCUT2D eigenvalue weighted by atomic mass is 16.4. The molecule has 0 aliphatic rings. The SMILES string of the molecule is Cc1ccc(/C=C/C(=O)Nc2ccc(-c3nc4ccccc4c(=O)o3)cc2)cc1. The molecular weight excluding hydrogens is 364 g/mol. The molecule has 0 spiro atoms. The molecule has 0 saturated heterocycles. The quantitative estimate of drug-likeness (QED) is 0.514. The topological polar surface area (TPSA) is 72.2 Å². The number of nitrogens with one attached hydrogen (secondary N) is 1. The van der Waals surface area contributed by atoms with E-state index in [0.717, 1.165) is 5.56 Å². The number of nitrogens with zero attached hydrogens (tertiary/aromatic N) is 1. The summed E-state index contributed by atoms with van der Waals surface area (Å²) in [6.07, 6.45) is 3.25. The largest absolute Gasteiger partial charge is 0.403 e. The molecule has 0 saturated carbocycles. The minimum absolute atomic E-state index is 0.228. The highest BCUT2D eigenvalue weighted by Crippen LogP contribution is 2.20. The van der Waals surface area contributed by atoms with Crippen LogP contribution in [0.2, 0.25) is 0 Å². The fourth-order valence-electron chi connectivity index (χ4n) is 2.87. The lowest BCUT2D eigenvalue weighted by Crippen LogP contribution is -2.07. The van der Waals surface area contributed by atoms with Gasteiger partial charge in [-0.05, 0) is 55.0 Å². The van der Waals surface area contributed by atoms with Gasteiger partial charge in [-0.3, -0.25) is 4.79 Å². The van der Waals surface area contributed by atoms with Gasteiger partial charge < -0.3 is 9.73 Å². The molecule has 0 fully saturated rings. The van der Waals surface area contributed by atoms with Gasteiger partial charge in [0.2, 0.25) is 11.8 Å². The fourth-order valence-corrected chi connectivity index (χ4v) is 2.87. The summed E-state index contributed by atoms with van der Waals surface area (Å²) >= 11 is 0. The Kier molecular flexibility index (Phi) is 5.03. The molecule has 5 nitrogen and oxygen atoms in total. The third kappa shape index (κ3) is 4.30. The number of amides is 1. The Morgan fingerprint density at radius 2 is 1.69 bits per heavy atom. The second-order valence-electron chi connectivity index (χ2n) is 6.63. The van der Waals surface area contributed by atoms with Crippen LogP contribution in [0.4, 0.5) is 5.69 Å². The number of carbonyl (C=O) groups excluding carboxylic acids is 1. The van der Waals surface area contributed by atoms with Crippen LogP contribution in [-0.2, 0) is 4.79 Å². The Balaban J connectivity index is 1.48. The van der Waals surface area contributed by atoms with Crippen LogP contribution < -0.4 is 10.9 Å². The average Bonchev–Trinajstić information content (AvgIpc) is 2.74. The van der Waals surface area contributed by atoms with E-state index in [-0.39, 0.29) is 11.8 Å². The average molecular weight is 382 g/mol. The Morgan fingerprint density at radius 1 is 0.966 bits per heavy atom. The van der Waals surface area contributed by atoms with E-state index >= 15 is 0 Å². The van der Waals surface area contributed by atoms with Crippen molar-refractivity contribution in [1.29, 1.82) is 0 Å². The van der Waals surface area contributed by atoms with Crippen LogP contribution in [0.5, 0.6) is 0 Å². The lowest BCUT2D eigenvalue weighted by atomic mass is 10.1. The van der Waals surface area contributed by atoms with Crippen LogP contribution in [-0.4, -0.2) is 10.9 Å². The van der Waals surface area contributed by atoms with Crippen molar-refractivity contribution in [2.24, 2.45) is 0 Å². The molecule has 1 heterocycles. The van der Waals surface area contributed by atoms with E-state index in [1.165, 1.54) is 11.6 Å². The maximum atomic E-state index is 12.1. The summed E-state index contributed by atoms with van der Waals surface area (Å²) in [5, 5.41) is 3.25. The summed E-state index contributed by atoms with van der Waals surface area (Å²) in [4.78, 5) is 28.7. The highest BCUT2D eigenvalue weighted by molar-refractivity contribution is 6.02. The van der Waals surface area contributed by atoms with Crippen molar-refractivity contribution in [3.63, 3.8) is 0 Å². The second-order valence-corrected chi connectivity index (χ2v) is 6.63. The molecule has 4 rings (SSSR count). The van der Waals surface area contributed by atoms with Crippen molar-refractivity contribution in [3.05, 3.63) is 100 Å². The number of rotatable bonds is 4.